The Bertz CT molecular complexity index is 751. The van der Waals surface area contributed by atoms with Gasteiger partial charge in [-0.3, -0.25) is 4.79 Å². The number of alkyl halides is 3. The molecule has 10 heteroatoms. The number of fused-ring (bicyclic) bond motifs is 1. The maximum Gasteiger partial charge on any atom is 0.451 e. The number of hydrogen-bond donors (Lipinski definition) is 1. The number of aromatic amines is 1. The van der Waals surface area contributed by atoms with E-state index in [1.165, 1.54) is 13.3 Å². The number of nitrogens with one attached hydrogen (secondary N) is 1. The average Bonchev–Trinajstić information content (AvgIpc) is 3.01. The second kappa shape index (κ2) is 5.91. The molecule has 0 spiro atoms. The Morgan fingerprint density at radius 2 is 2.00 bits per heavy atom. The van der Waals surface area contributed by atoms with Crippen LogP contribution in [0.5, 0.6) is 0 Å². The Kier molecular flexibility index (Phi) is 4.06. The summed E-state index contributed by atoms with van der Waals surface area (Å²) in [4.78, 5) is 28.7. The Labute approximate surface area is 135 Å². The van der Waals surface area contributed by atoms with Crippen LogP contribution in [-0.2, 0) is 11.0 Å². The van der Waals surface area contributed by atoms with Crippen LogP contribution in [0.2, 0.25) is 0 Å². The molecule has 24 heavy (non-hydrogen) atoms. The van der Waals surface area contributed by atoms with Crippen LogP contribution in [0.1, 0.15) is 25.6 Å². The fourth-order valence-corrected chi connectivity index (χ4v) is 2.90. The van der Waals surface area contributed by atoms with Crippen molar-refractivity contribution in [3.8, 4) is 0 Å². The van der Waals surface area contributed by atoms with E-state index in [9.17, 15) is 18.0 Å². The van der Waals surface area contributed by atoms with Gasteiger partial charge in [0, 0.05) is 33.1 Å². The molecule has 0 aromatic carbocycles. The highest BCUT2D eigenvalue weighted by Gasteiger charge is 2.37. The molecule has 1 saturated heterocycles. The Morgan fingerprint density at radius 3 is 2.58 bits per heavy atom. The topological polar surface area (TPSA) is 78.0 Å². The number of imidazole rings is 1. The SMILES string of the molecule is CC(=O)N(C)C1CCN(c2nc(C(F)(F)F)nc3nc[nH]c23)CC1. The first-order valence-electron chi connectivity index (χ1n) is 7.54. The van der Waals surface area contributed by atoms with E-state index in [2.05, 4.69) is 19.9 Å². The van der Waals surface area contributed by atoms with E-state index in [0.29, 0.717) is 31.4 Å². The van der Waals surface area contributed by atoms with Gasteiger partial charge in [-0.15, -0.1) is 0 Å². The van der Waals surface area contributed by atoms with Crippen LogP contribution in [0.4, 0.5) is 19.0 Å². The van der Waals surface area contributed by atoms with Crippen molar-refractivity contribution in [3.05, 3.63) is 12.2 Å². The molecule has 1 aliphatic heterocycles. The summed E-state index contributed by atoms with van der Waals surface area (Å²) in [6.45, 7) is 2.51. The third-order valence-corrected chi connectivity index (χ3v) is 4.33. The minimum Gasteiger partial charge on any atom is -0.355 e. The first-order chi connectivity index (χ1) is 11.3. The van der Waals surface area contributed by atoms with Gasteiger partial charge in [-0.2, -0.15) is 13.2 Å². The summed E-state index contributed by atoms with van der Waals surface area (Å²) in [6.07, 6.45) is -2.00. The highest BCUT2D eigenvalue weighted by molar-refractivity contribution is 5.83. The number of rotatable bonds is 2. The van der Waals surface area contributed by atoms with Gasteiger partial charge in [-0.05, 0) is 12.8 Å². The van der Waals surface area contributed by atoms with Gasteiger partial charge in [0.15, 0.2) is 11.5 Å². The quantitative estimate of drug-likeness (QED) is 0.901. The van der Waals surface area contributed by atoms with E-state index >= 15 is 0 Å². The number of piperidine rings is 1. The number of halogens is 3. The first kappa shape index (κ1) is 16.5. The molecule has 3 rings (SSSR count). The van der Waals surface area contributed by atoms with Gasteiger partial charge < -0.3 is 14.8 Å². The molecule has 1 amide bonds. The van der Waals surface area contributed by atoms with E-state index in [1.807, 2.05) is 0 Å². The zero-order valence-corrected chi connectivity index (χ0v) is 13.3. The summed E-state index contributed by atoms with van der Waals surface area (Å²) < 4.78 is 39.0. The molecule has 0 radical (unpaired) electrons. The highest BCUT2D eigenvalue weighted by Crippen LogP contribution is 2.31. The fourth-order valence-electron chi connectivity index (χ4n) is 2.90. The molecule has 1 N–H and O–H groups in total. The lowest BCUT2D eigenvalue weighted by Crippen LogP contribution is -2.45. The molecule has 0 atom stereocenters. The van der Waals surface area contributed by atoms with Gasteiger partial charge in [-0.25, -0.2) is 15.0 Å². The van der Waals surface area contributed by atoms with E-state index in [0.717, 1.165) is 0 Å². The smallest absolute Gasteiger partial charge is 0.355 e. The largest absolute Gasteiger partial charge is 0.451 e. The highest BCUT2D eigenvalue weighted by atomic mass is 19.4. The van der Waals surface area contributed by atoms with Crippen LogP contribution in [0.15, 0.2) is 6.33 Å². The summed E-state index contributed by atoms with van der Waals surface area (Å²) >= 11 is 0. The van der Waals surface area contributed by atoms with E-state index in [4.69, 9.17) is 0 Å². The molecule has 130 valence electrons. The van der Waals surface area contributed by atoms with E-state index < -0.39 is 12.0 Å². The molecule has 3 heterocycles. The molecule has 7 nitrogen and oxygen atoms in total. The molecule has 0 unspecified atom stereocenters. The van der Waals surface area contributed by atoms with Gasteiger partial charge >= 0.3 is 6.18 Å². The fraction of sp³-hybridized carbons (Fsp3) is 0.571. The van der Waals surface area contributed by atoms with Crippen LogP contribution in [0.3, 0.4) is 0 Å². The number of hydrogen-bond acceptors (Lipinski definition) is 5. The lowest BCUT2D eigenvalue weighted by atomic mass is 10.0. The molecule has 2 aromatic heterocycles. The molecule has 1 fully saturated rings. The zero-order chi connectivity index (χ0) is 17.5. The standard InChI is InChI=1S/C14H17F3N6O/c1-8(24)22(2)9-3-5-23(6-4-9)12-10-11(19-7-18-10)20-13(21-12)14(15,16)17/h7,9H,3-6H2,1-2H3,(H,18,19,20,21). The van der Waals surface area contributed by atoms with E-state index in [-0.39, 0.29) is 23.4 Å². The lowest BCUT2D eigenvalue weighted by molar-refractivity contribution is -0.144. The number of carbonyl (C=O) groups is 1. The van der Waals surface area contributed by atoms with Gasteiger partial charge in [0.2, 0.25) is 11.7 Å². The van der Waals surface area contributed by atoms with E-state index in [1.54, 1.807) is 16.8 Å². The predicted octanol–water partition coefficient (Wildman–Crippen LogP) is 1.82. The summed E-state index contributed by atoms with van der Waals surface area (Å²) in [5.41, 5.74) is 0.386. The first-order valence-corrected chi connectivity index (χ1v) is 7.54. The van der Waals surface area contributed by atoms with Gasteiger partial charge in [0.1, 0.15) is 5.52 Å². The van der Waals surface area contributed by atoms with Crippen molar-refractivity contribution in [2.45, 2.75) is 32.0 Å². The number of H-pyrrole nitrogens is 1. The third-order valence-electron chi connectivity index (χ3n) is 4.33. The monoisotopic (exact) mass is 342 g/mol. The summed E-state index contributed by atoms with van der Waals surface area (Å²) in [6, 6.07) is 0.0833. The zero-order valence-electron chi connectivity index (χ0n) is 13.3. The van der Waals surface area contributed by atoms with Gasteiger partial charge in [-0.1, -0.05) is 0 Å². The van der Waals surface area contributed by atoms with Crippen LogP contribution in [-0.4, -0.2) is 56.9 Å². The Balaban J connectivity index is 1.88. The molecule has 0 bridgehead atoms. The average molecular weight is 342 g/mol. The van der Waals surface area contributed by atoms with Crippen molar-refractivity contribution in [1.82, 2.24) is 24.8 Å². The second-order valence-corrected chi connectivity index (χ2v) is 5.82. The second-order valence-electron chi connectivity index (χ2n) is 5.82. The Morgan fingerprint density at radius 1 is 1.33 bits per heavy atom. The van der Waals surface area contributed by atoms with Crippen LogP contribution < -0.4 is 4.90 Å². The molecular weight excluding hydrogens is 325 g/mol. The summed E-state index contributed by atoms with van der Waals surface area (Å²) in [5.74, 6) is -1.01. The number of anilines is 1. The maximum atomic E-state index is 13.0. The molecule has 2 aromatic rings. The summed E-state index contributed by atoms with van der Waals surface area (Å²) in [7, 11) is 1.74. The number of amides is 1. The minimum absolute atomic E-state index is 0.00435. The van der Waals surface area contributed by atoms with Crippen molar-refractivity contribution < 1.29 is 18.0 Å². The third kappa shape index (κ3) is 3.00. The van der Waals surface area contributed by atoms with Crippen molar-refractivity contribution in [2.75, 3.05) is 25.0 Å². The number of carbonyl (C=O) groups excluding carboxylic acids is 1. The maximum absolute atomic E-state index is 13.0. The van der Waals surface area contributed by atoms with Crippen LogP contribution >= 0.6 is 0 Å². The minimum atomic E-state index is -4.63. The van der Waals surface area contributed by atoms with Crippen LogP contribution in [0, 0.1) is 0 Å². The van der Waals surface area contributed by atoms with Crippen LogP contribution in [0.25, 0.3) is 11.2 Å². The molecule has 0 aliphatic carbocycles. The number of aromatic nitrogens is 4. The van der Waals surface area contributed by atoms with Crippen molar-refractivity contribution in [3.63, 3.8) is 0 Å². The lowest BCUT2D eigenvalue weighted by Gasteiger charge is -2.37. The molecule has 1 aliphatic rings. The number of nitrogens with zero attached hydrogens (tertiary/aromatic N) is 5. The van der Waals surface area contributed by atoms with Crippen molar-refractivity contribution in [2.24, 2.45) is 0 Å². The van der Waals surface area contributed by atoms with Crippen molar-refractivity contribution >= 4 is 22.9 Å². The van der Waals surface area contributed by atoms with Gasteiger partial charge in [0.25, 0.3) is 0 Å². The van der Waals surface area contributed by atoms with Crippen molar-refractivity contribution in [1.29, 1.82) is 0 Å². The normalized spacial score (nSPS) is 16.6. The van der Waals surface area contributed by atoms with Gasteiger partial charge in [0.05, 0.1) is 6.33 Å². The molecule has 0 saturated carbocycles. The Hall–Kier alpha value is -2.39. The summed E-state index contributed by atoms with van der Waals surface area (Å²) in [5, 5.41) is 0. The predicted molar refractivity (Wildman–Crippen MR) is 80.4 cm³/mol. The molecular formula is C14H17F3N6O.